The molecule has 0 unspecified atom stereocenters. The number of hydrogen-bond acceptors (Lipinski definition) is 5. The Balaban J connectivity index is 1.43. The molecule has 1 amide bonds. The Morgan fingerprint density at radius 3 is 2.59 bits per heavy atom. The minimum absolute atomic E-state index is 0.0758. The van der Waals surface area contributed by atoms with Crippen molar-refractivity contribution in [2.45, 2.75) is 6.54 Å². The van der Waals surface area contributed by atoms with Crippen LogP contribution in [0.3, 0.4) is 0 Å². The first-order valence-corrected chi connectivity index (χ1v) is 9.38. The zero-order chi connectivity index (χ0) is 20.4. The van der Waals surface area contributed by atoms with Crippen LogP contribution in [0.5, 0.6) is 0 Å². The highest BCUT2D eigenvalue weighted by Gasteiger charge is 2.24. The number of aromatic amines is 1. The number of rotatable bonds is 4. The molecule has 148 valence electrons. The van der Waals surface area contributed by atoms with Gasteiger partial charge < -0.3 is 9.88 Å². The maximum atomic E-state index is 12.9. The van der Waals surface area contributed by atoms with Crippen LogP contribution in [0.25, 0.3) is 10.9 Å². The van der Waals surface area contributed by atoms with Crippen molar-refractivity contribution in [2.24, 2.45) is 0 Å². The van der Waals surface area contributed by atoms with Crippen molar-refractivity contribution in [1.82, 2.24) is 14.8 Å². The van der Waals surface area contributed by atoms with Crippen LogP contribution < -0.4 is 5.43 Å². The molecule has 0 saturated carbocycles. The first-order valence-electron chi connectivity index (χ1n) is 9.38. The fraction of sp³-hybridized carbons (Fsp3) is 0.238. The fourth-order valence-corrected chi connectivity index (χ4v) is 3.63. The molecule has 2 aromatic carbocycles. The van der Waals surface area contributed by atoms with E-state index in [1.807, 2.05) is 12.1 Å². The molecule has 0 atom stereocenters. The predicted molar refractivity (Wildman–Crippen MR) is 109 cm³/mol. The molecule has 3 aromatic rings. The summed E-state index contributed by atoms with van der Waals surface area (Å²) >= 11 is 0. The van der Waals surface area contributed by atoms with E-state index in [2.05, 4.69) is 9.88 Å². The number of fused-ring (bicyclic) bond motifs is 1. The van der Waals surface area contributed by atoms with Crippen molar-refractivity contribution in [3.05, 3.63) is 86.2 Å². The van der Waals surface area contributed by atoms with Crippen molar-refractivity contribution >= 4 is 22.5 Å². The number of pyridine rings is 1. The third-order valence-electron chi connectivity index (χ3n) is 5.21. The maximum Gasteiger partial charge on any atom is 0.269 e. The van der Waals surface area contributed by atoms with Crippen molar-refractivity contribution in [2.75, 3.05) is 26.2 Å². The Kier molecular flexibility index (Phi) is 5.09. The highest BCUT2D eigenvalue weighted by Crippen LogP contribution is 2.16. The van der Waals surface area contributed by atoms with Gasteiger partial charge in [-0.3, -0.25) is 24.6 Å². The molecule has 1 saturated heterocycles. The van der Waals surface area contributed by atoms with E-state index in [9.17, 15) is 19.7 Å². The number of nitrogens with zero attached hydrogens (tertiary/aromatic N) is 3. The Morgan fingerprint density at radius 1 is 1.07 bits per heavy atom. The van der Waals surface area contributed by atoms with Crippen LogP contribution in [0.4, 0.5) is 5.69 Å². The van der Waals surface area contributed by atoms with Gasteiger partial charge in [-0.15, -0.1) is 0 Å². The van der Waals surface area contributed by atoms with E-state index in [1.54, 1.807) is 35.2 Å². The molecule has 1 aliphatic heterocycles. The lowest BCUT2D eigenvalue weighted by atomic mass is 10.1. The number of H-pyrrole nitrogens is 1. The molecule has 8 nitrogen and oxygen atoms in total. The molecular weight excluding hydrogens is 372 g/mol. The van der Waals surface area contributed by atoms with Crippen molar-refractivity contribution < 1.29 is 9.72 Å². The van der Waals surface area contributed by atoms with E-state index in [0.29, 0.717) is 43.6 Å². The molecule has 4 rings (SSSR count). The van der Waals surface area contributed by atoms with Gasteiger partial charge in [-0.25, -0.2) is 0 Å². The summed E-state index contributed by atoms with van der Waals surface area (Å²) in [6.07, 6.45) is 1.49. The van der Waals surface area contributed by atoms with E-state index >= 15 is 0 Å². The Morgan fingerprint density at radius 2 is 1.83 bits per heavy atom. The molecule has 29 heavy (non-hydrogen) atoms. The lowest BCUT2D eigenvalue weighted by molar-refractivity contribution is -0.384. The third-order valence-corrected chi connectivity index (χ3v) is 5.21. The summed E-state index contributed by atoms with van der Waals surface area (Å²) in [6.45, 7) is 2.86. The van der Waals surface area contributed by atoms with E-state index in [0.717, 1.165) is 5.56 Å². The lowest BCUT2D eigenvalue weighted by Gasteiger charge is -2.34. The monoisotopic (exact) mass is 392 g/mol. The minimum atomic E-state index is -0.402. The standard InChI is InChI=1S/C21H20N4O4/c26-20-17-6-1-2-7-19(17)22-13-18(20)21(27)24-10-8-23(9-11-24)14-15-4-3-5-16(12-15)25(28)29/h1-7,12-13H,8-11,14H2,(H,22,26). The minimum Gasteiger partial charge on any atom is -0.360 e. The predicted octanol–water partition coefficient (Wildman–Crippen LogP) is 2.39. The highest BCUT2D eigenvalue weighted by molar-refractivity contribution is 5.97. The van der Waals surface area contributed by atoms with E-state index in [-0.39, 0.29) is 22.6 Å². The highest BCUT2D eigenvalue weighted by atomic mass is 16.6. The van der Waals surface area contributed by atoms with E-state index in [1.165, 1.54) is 12.3 Å². The van der Waals surface area contributed by atoms with Crippen LogP contribution in [-0.4, -0.2) is 51.8 Å². The van der Waals surface area contributed by atoms with Crippen LogP contribution in [-0.2, 0) is 6.54 Å². The van der Waals surface area contributed by atoms with Gasteiger partial charge in [0.2, 0.25) is 5.43 Å². The molecule has 0 bridgehead atoms. The smallest absolute Gasteiger partial charge is 0.269 e. The zero-order valence-electron chi connectivity index (χ0n) is 15.7. The zero-order valence-corrected chi connectivity index (χ0v) is 15.7. The normalized spacial score (nSPS) is 14.8. The third kappa shape index (κ3) is 3.88. The molecule has 1 N–H and O–H groups in total. The Labute approximate surface area is 166 Å². The summed E-state index contributed by atoms with van der Waals surface area (Å²) in [5, 5.41) is 11.4. The fourth-order valence-electron chi connectivity index (χ4n) is 3.63. The largest absolute Gasteiger partial charge is 0.360 e. The van der Waals surface area contributed by atoms with E-state index in [4.69, 9.17) is 0 Å². The van der Waals surface area contributed by atoms with Gasteiger partial charge in [0.15, 0.2) is 0 Å². The number of nitro benzene ring substituents is 1. The molecule has 8 heteroatoms. The number of non-ortho nitro benzene ring substituents is 1. The molecule has 1 fully saturated rings. The number of nitro groups is 1. The van der Waals surface area contributed by atoms with Gasteiger partial charge >= 0.3 is 0 Å². The summed E-state index contributed by atoms with van der Waals surface area (Å²) in [5.41, 5.74) is 1.53. The average molecular weight is 392 g/mol. The van der Waals surface area contributed by atoms with Gasteiger partial charge in [0.05, 0.1) is 4.92 Å². The van der Waals surface area contributed by atoms with Crippen LogP contribution >= 0.6 is 0 Å². The molecular formula is C21H20N4O4. The van der Waals surface area contributed by atoms with Crippen LogP contribution in [0.2, 0.25) is 0 Å². The second kappa shape index (κ2) is 7.84. The van der Waals surface area contributed by atoms with Gasteiger partial charge in [0, 0.05) is 62.0 Å². The molecule has 0 spiro atoms. The van der Waals surface area contributed by atoms with Crippen molar-refractivity contribution in [3.8, 4) is 0 Å². The Hall–Kier alpha value is -3.52. The first kappa shape index (κ1) is 18.8. The molecule has 0 radical (unpaired) electrons. The van der Waals surface area contributed by atoms with E-state index < -0.39 is 4.92 Å². The molecule has 1 aromatic heterocycles. The molecule has 2 heterocycles. The number of amides is 1. The number of carbonyl (C=O) groups is 1. The average Bonchev–Trinajstić information content (AvgIpc) is 2.74. The number of nitrogens with one attached hydrogen (secondary N) is 1. The number of hydrogen-bond donors (Lipinski definition) is 1. The topological polar surface area (TPSA) is 99.6 Å². The second-order valence-electron chi connectivity index (χ2n) is 7.07. The number of benzene rings is 2. The lowest BCUT2D eigenvalue weighted by Crippen LogP contribution is -2.49. The molecule has 0 aliphatic carbocycles. The van der Waals surface area contributed by atoms with Gasteiger partial charge in [0.1, 0.15) is 5.56 Å². The summed E-state index contributed by atoms with van der Waals surface area (Å²) < 4.78 is 0. The van der Waals surface area contributed by atoms with Gasteiger partial charge in [0.25, 0.3) is 11.6 Å². The number of aromatic nitrogens is 1. The summed E-state index contributed by atoms with van der Waals surface area (Å²) in [4.78, 5) is 42.9. The maximum absolute atomic E-state index is 12.9. The number of piperazine rings is 1. The van der Waals surface area contributed by atoms with Gasteiger partial charge in [-0.1, -0.05) is 24.3 Å². The van der Waals surface area contributed by atoms with Crippen LogP contribution in [0.1, 0.15) is 15.9 Å². The summed E-state index contributed by atoms with van der Waals surface area (Å²) in [7, 11) is 0. The SMILES string of the molecule is O=C(c1c[nH]c2ccccc2c1=O)N1CCN(Cc2cccc([N+](=O)[O-])c2)CC1. The molecule has 1 aliphatic rings. The van der Waals surface area contributed by atoms with Crippen molar-refractivity contribution in [3.63, 3.8) is 0 Å². The number of carbonyl (C=O) groups excluding carboxylic acids is 1. The van der Waals surface area contributed by atoms with Crippen molar-refractivity contribution in [1.29, 1.82) is 0 Å². The summed E-state index contributed by atoms with van der Waals surface area (Å²) in [6, 6.07) is 13.7. The second-order valence-corrected chi connectivity index (χ2v) is 7.07. The van der Waals surface area contributed by atoms with Crippen LogP contribution in [0, 0.1) is 10.1 Å². The van der Waals surface area contributed by atoms with Gasteiger partial charge in [-0.05, 0) is 17.7 Å². The first-order chi connectivity index (χ1) is 14.0. The summed E-state index contributed by atoms with van der Waals surface area (Å²) in [5.74, 6) is -0.271. The van der Waals surface area contributed by atoms with Gasteiger partial charge in [-0.2, -0.15) is 0 Å². The van der Waals surface area contributed by atoms with Crippen LogP contribution in [0.15, 0.2) is 59.5 Å². The number of para-hydroxylation sites is 1. The Bertz CT molecular complexity index is 1130. The quantitative estimate of drug-likeness (QED) is 0.543.